The van der Waals surface area contributed by atoms with Gasteiger partial charge in [-0.1, -0.05) is 37.3 Å². The highest BCUT2D eigenvalue weighted by Crippen LogP contribution is 2.41. The zero-order valence-electron chi connectivity index (χ0n) is 13.1. The number of para-hydroxylation sites is 1. The summed E-state index contributed by atoms with van der Waals surface area (Å²) in [7, 11) is 0. The van der Waals surface area contributed by atoms with Gasteiger partial charge in [0.25, 0.3) is 5.91 Å². The van der Waals surface area contributed by atoms with Crippen LogP contribution >= 0.6 is 0 Å². The topological polar surface area (TPSA) is 57.6 Å². The molecule has 1 heterocycles. The fourth-order valence-corrected chi connectivity index (χ4v) is 2.90. The van der Waals surface area contributed by atoms with Crippen molar-refractivity contribution in [3.63, 3.8) is 0 Å². The Hall–Kier alpha value is -2.95. The molecule has 0 saturated carbocycles. The van der Waals surface area contributed by atoms with E-state index in [1.807, 2.05) is 6.07 Å². The Morgan fingerprint density at radius 2 is 1.75 bits per heavy atom. The number of ketones is 1. The Balaban J connectivity index is 2.17. The fourth-order valence-electron chi connectivity index (χ4n) is 2.90. The van der Waals surface area contributed by atoms with Crippen LogP contribution in [0.2, 0.25) is 0 Å². The van der Waals surface area contributed by atoms with Gasteiger partial charge in [0.15, 0.2) is 11.5 Å². The highest BCUT2D eigenvalue weighted by atomic mass is 19.1. The van der Waals surface area contributed by atoms with Crippen molar-refractivity contribution >= 4 is 17.4 Å². The van der Waals surface area contributed by atoms with E-state index in [0.29, 0.717) is 11.3 Å². The van der Waals surface area contributed by atoms with Crippen LogP contribution in [0.3, 0.4) is 0 Å². The number of benzene rings is 2. The number of amides is 1. The molecule has 2 aromatic rings. The van der Waals surface area contributed by atoms with E-state index in [4.69, 9.17) is 0 Å². The molecule has 0 spiro atoms. The smallest absolute Gasteiger partial charge is 0.294 e. The molecule has 1 amide bonds. The summed E-state index contributed by atoms with van der Waals surface area (Å²) in [6, 6.07) is 13.6. The molecule has 5 heteroatoms. The first-order valence-corrected chi connectivity index (χ1v) is 7.65. The molecular formula is C19H16FNO3. The third-order valence-electron chi connectivity index (χ3n) is 4.05. The van der Waals surface area contributed by atoms with E-state index in [0.717, 1.165) is 0 Å². The van der Waals surface area contributed by atoms with E-state index < -0.39 is 23.5 Å². The summed E-state index contributed by atoms with van der Waals surface area (Å²) >= 11 is 0. The highest BCUT2D eigenvalue weighted by molar-refractivity contribution is 6.16. The molecule has 24 heavy (non-hydrogen) atoms. The maximum Gasteiger partial charge on any atom is 0.294 e. The molecule has 0 bridgehead atoms. The average Bonchev–Trinajstić information content (AvgIpc) is 2.87. The number of carbonyl (C=O) groups excluding carboxylic acids is 2. The molecule has 122 valence electrons. The van der Waals surface area contributed by atoms with Crippen LogP contribution in [0.4, 0.5) is 10.1 Å². The summed E-state index contributed by atoms with van der Waals surface area (Å²) in [6.45, 7) is 1.67. The first kappa shape index (κ1) is 15.9. The first-order valence-electron chi connectivity index (χ1n) is 7.65. The predicted molar refractivity (Wildman–Crippen MR) is 88.0 cm³/mol. The summed E-state index contributed by atoms with van der Waals surface area (Å²) in [5.74, 6) is -1.90. The molecule has 4 nitrogen and oxygen atoms in total. The number of halogens is 1. The van der Waals surface area contributed by atoms with Crippen molar-refractivity contribution in [2.24, 2.45) is 0 Å². The van der Waals surface area contributed by atoms with Crippen LogP contribution in [-0.4, -0.2) is 16.8 Å². The van der Waals surface area contributed by atoms with Crippen LogP contribution in [-0.2, 0) is 9.59 Å². The Labute approximate surface area is 138 Å². The lowest BCUT2D eigenvalue weighted by molar-refractivity contribution is -0.118. The van der Waals surface area contributed by atoms with Gasteiger partial charge in [-0.05, 0) is 29.8 Å². The standard InChI is InChI=1S/C19H16FNO3/c1-2-15(22)16-17(12-8-10-13(20)11-9-12)21(19(24)18(16)23)14-6-4-3-5-7-14/h3-11,17,23H,2H2,1H3. The second-order valence-corrected chi connectivity index (χ2v) is 5.50. The number of Topliss-reactive ketones (excluding diaryl/α,β-unsaturated/α-hetero) is 1. The molecule has 1 atom stereocenters. The van der Waals surface area contributed by atoms with Gasteiger partial charge >= 0.3 is 0 Å². The monoisotopic (exact) mass is 325 g/mol. The maximum atomic E-state index is 13.3. The number of rotatable bonds is 4. The van der Waals surface area contributed by atoms with Gasteiger partial charge in [-0.15, -0.1) is 0 Å². The van der Waals surface area contributed by atoms with E-state index in [-0.39, 0.29) is 17.8 Å². The summed E-state index contributed by atoms with van der Waals surface area (Å²) in [4.78, 5) is 26.3. The molecular weight excluding hydrogens is 309 g/mol. The van der Waals surface area contributed by atoms with Crippen LogP contribution in [0.25, 0.3) is 0 Å². The number of aliphatic hydroxyl groups excluding tert-OH is 1. The van der Waals surface area contributed by atoms with Gasteiger partial charge in [0.1, 0.15) is 5.82 Å². The van der Waals surface area contributed by atoms with Crippen molar-refractivity contribution in [3.8, 4) is 0 Å². The lowest BCUT2D eigenvalue weighted by Crippen LogP contribution is -2.30. The summed E-state index contributed by atoms with van der Waals surface area (Å²) in [5, 5.41) is 10.3. The molecule has 2 aromatic carbocycles. The minimum Gasteiger partial charge on any atom is -0.503 e. The van der Waals surface area contributed by atoms with E-state index in [2.05, 4.69) is 0 Å². The molecule has 1 aliphatic heterocycles. The molecule has 1 aliphatic rings. The summed E-state index contributed by atoms with van der Waals surface area (Å²) in [6.07, 6.45) is 0.160. The summed E-state index contributed by atoms with van der Waals surface area (Å²) < 4.78 is 13.3. The van der Waals surface area contributed by atoms with Crippen molar-refractivity contribution in [2.75, 3.05) is 4.90 Å². The normalized spacial score (nSPS) is 17.5. The Kier molecular flexibility index (Phi) is 4.16. The molecule has 0 radical (unpaired) electrons. The van der Waals surface area contributed by atoms with E-state index in [1.54, 1.807) is 31.2 Å². The van der Waals surface area contributed by atoms with Gasteiger partial charge in [0.05, 0.1) is 11.6 Å². The van der Waals surface area contributed by atoms with Crippen molar-refractivity contribution in [3.05, 3.63) is 77.3 Å². The van der Waals surface area contributed by atoms with Gasteiger partial charge in [0, 0.05) is 12.1 Å². The molecule has 0 aromatic heterocycles. The second kappa shape index (κ2) is 6.28. The SMILES string of the molecule is CCC(=O)C1=C(O)C(=O)N(c2ccccc2)C1c1ccc(F)cc1. The number of hydrogen-bond donors (Lipinski definition) is 1. The lowest BCUT2D eigenvalue weighted by Gasteiger charge is -2.26. The zero-order chi connectivity index (χ0) is 17.3. The predicted octanol–water partition coefficient (Wildman–Crippen LogP) is 3.70. The van der Waals surface area contributed by atoms with Gasteiger partial charge < -0.3 is 5.11 Å². The molecule has 0 aliphatic carbocycles. The lowest BCUT2D eigenvalue weighted by atomic mass is 9.95. The Bertz CT molecular complexity index is 812. The zero-order valence-corrected chi connectivity index (χ0v) is 13.1. The van der Waals surface area contributed by atoms with Gasteiger partial charge in [-0.3, -0.25) is 14.5 Å². The number of nitrogens with zero attached hydrogens (tertiary/aromatic N) is 1. The van der Waals surface area contributed by atoms with Gasteiger partial charge in [-0.2, -0.15) is 0 Å². The van der Waals surface area contributed by atoms with Crippen LogP contribution in [0.1, 0.15) is 24.9 Å². The quantitative estimate of drug-likeness (QED) is 0.932. The van der Waals surface area contributed by atoms with E-state index in [9.17, 15) is 19.1 Å². The largest absolute Gasteiger partial charge is 0.503 e. The van der Waals surface area contributed by atoms with Gasteiger partial charge in [-0.25, -0.2) is 4.39 Å². The molecule has 3 rings (SSSR count). The molecule has 1 N–H and O–H groups in total. The second-order valence-electron chi connectivity index (χ2n) is 5.50. The van der Waals surface area contributed by atoms with Crippen molar-refractivity contribution in [1.29, 1.82) is 0 Å². The summed E-state index contributed by atoms with van der Waals surface area (Å²) in [5.41, 5.74) is 1.18. The van der Waals surface area contributed by atoms with Crippen LogP contribution in [0.5, 0.6) is 0 Å². The van der Waals surface area contributed by atoms with Crippen molar-refractivity contribution < 1.29 is 19.1 Å². The van der Waals surface area contributed by atoms with Crippen molar-refractivity contribution in [1.82, 2.24) is 0 Å². The Morgan fingerprint density at radius 3 is 2.33 bits per heavy atom. The van der Waals surface area contributed by atoms with Crippen molar-refractivity contribution in [2.45, 2.75) is 19.4 Å². The van der Waals surface area contributed by atoms with Crippen LogP contribution in [0.15, 0.2) is 65.9 Å². The minimum atomic E-state index is -0.770. The van der Waals surface area contributed by atoms with Crippen LogP contribution in [0, 0.1) is 5.82 Å². The fraction of sp³-hybridized carbons (Fsp3) is 0.158. The Morgan fingerprint density at radius 1 is 1.12 bits per heavy atom. The number of anilines is 1. The van der Waals surface area contributed by atoms with E-state index >= 15 is 0 Å². The number of carbonyl (C=O) groups is 2. The molecule has 0 fully saturated rings. The van der Waals surface area contributed by atoms with Crippen LogP contribution < -0.4 is 4.90 Å². The maximum absolute atomic E-state index is 13.3. The third-order valence-corrected chi connectivity index (χ3v) is 4.05. The number of hydrogen-bond acceptors (Lipinski definition) is 3. The molecule has 1 unspecified atom stereocenters. The highest BCUT2D eigenvalue weighted by Gasteiger charge is 2.43. The average molecular weight is 325 g/mol. The van der Waals surface area contributed by atoms with Gasteiger partial charge in [0.2, 0.25) is 0 Å². The van der Waals surface area contributed by atoms with E-state index in [1.165, 1.54) is 29.2 Å². The third kappa shape index (κ3) is 2.58. The molecule has 0 saturated heterocycles. The minimum absolute atomic E-state index is 0.0537. The first-order chi connectivity index (χ1) is 11.5. The number of aliphatic hydroxyl groups is 1.